The van der Waals surface area contributed by atoms with E-state index < -0.39 is 0 Å². The average molecular weight is 223 g/mol. The molecule has 0 amide bonds. The highest BCUT2D eigenvalue weighted by atomic mass is 15.2. The highest BCUT2D eigenvalue weighted by Gasteiger charge is 2.52. The molecule has 16 heavy (non-hydrogen) atoms. The Kier molecular flexibility index (Phi) is 2.70. The average Bonchev–Trinajstić information content (AvgIpc) is 2.81. The second-order valence-corrected chi connectivity index (χ2v) is 8.20. The summed E-state index contributed by atoms with van der Waals surface area (Å²) in [5.41, 5.74) is 1.51. The van der Waals surface area contributed by atoms with E-state index in [-0.39, 0.29) is 0 Å². The molecule has 0 aromatic rings. The van der Waals surface area contributed by atoms with E-state index >= 15 is 0 Å². The van der Waals surface area contributed by atoms with Crippen molar-refractivity contribution in [1.29, 1.82) is 0 Å². The highest BCUT2D eigenvalue weighted by molar-refractivity contribution is 5.05. The standard InChI is InChI=1S/C15H29N/c1-13(2,3)12-11-15(7-8-15)9-10-16(12)14(4,5)6/h12H,7-11H2,1-6H3. The molecular formula is C15H29N. The van der Waals surface area contributed by atoms with E-state index in [2.05, 4.69) is 46.4 Å². The summed E-state index contributed by atoms with van der Waals surface area (Å²) in [6.45, 7) is 15.7. The van der Waals surface area contributed by atoms with Crippen molar-refractivity contribution >= 4 is 0 Å². The van der Waals surface area contributed by atoms with Crippen molar-refractivity contribution in [2.75, 3.05) is 6.54 Å². The minimum atomic E-state index is 0.328. The summed E-state index contributed by atoms with van der Waals surface area (Å²) in [4.78, 5) is 2.76. The Hall–Kier alpha value is -0.0400. The third kappa shape index (κ3) is 2.30. The van der Waals surface area contributed by atoms with Gasteiger partial charge in [0.15, 0.2) is 0 Å². The Morgan fingerprint density at radius 3 is 1.88 bits per heavy atom. The first-order valence-corrected chi connectivity index (χ1v) is 6.91. The molecule has 1 nitrogen and oxygen atoms in total. The zero-order valence-corrected chi connectivity index (χ0v) is 12.1. The summed E-state index contributed by atoms with van der Waals surface area (Å²) in [6.07, 6.45) is 5.87. The van der Waals surface area contributed by atoms with Gasteiger partial charge in [-0.3, -0.25) is 4.90 Å². The van der Waals surface area contributed by atoms with Crippen LogP contribution in [0, 0.1) is 10.8 Å². The molecule has 0 N–H and O–H groups in total. The van der Waals surface area contributed by atoms with E-state index in [9.17, 15) is 0 Å². The molecule has 94 valence electrons. The van der Waals surface area contributed by atoms with E-state index in [4.69, 9.17) is 0 Å². The molecular weight excluding hydrogens is 194 g/mol. The van der Waals surface area contributed by atoms with Gasteiger partial charge in [0.1, 0.15) is 0 Å². The van der Waals surface area contributed by atoms with Gasteiger partial charge in [0, 0.05) is 11.6 Å². The summed E-state index contributed by atoms with van der Waals surface area (Å²) in [5, 5.41) is 0. The van der Waals surface area contributed by atoms with Crippen LogP contribution in [-0.4, -0.2) is 23.0 Å². The topological polar surface area (TPSA) is 3.24 Å². The molecule has 2 rings (SSSR count). The van der Waals surface area contributed by atoms with Gasteiger partial charge in [-0.05, 0) is 63.8 Å². The fourth-order valence-electron chi connectivity index (χ4n) is 3.34. The van der Waals surface area contributed by atoms with Crippen molar-refractivity contribution in [2.45, 2.75) is 78.8 Å². The van der Waals surface area contributed by atoms with Gasteiger partial charge in [0.2, 0.25) is 0 Å². The second kappa shape index (κ2) is 3.48. The lowest BCUT2D eigenvalue weighted by Gasteiger charge is -2.52. The Labute approximate surface area is 102 Å². The van der Waals surface area contributed by atoms with Crippen LogP contribution in [0.4, 0.5) is 0 Å². The largest absolute Gasteiger partial charge is 0.295 e. The van der Waals surface area contributed by atoms with Crippen molar-refractivity contribution in [3.05, 3.63) is 0 Å². The van der Waals surface area contributed by atoms with E-state index in [0.29, 0.717) is 11.0 Å². The van der Waals surface area contributed by atoms with Crippen LogP contribution in [0.15, 0.2) is 0 Å². The molecule has 0 aromatic carbocycles. The van der Waals surface area contributed by atoms with Crippen LogP contribution in [0.25, 0.3) is 0 Å². The molecule has 1 aliphatic heterocycles. The summed E-state index contributed by atoms with van der Waals surface area (Å²) in [7, 11) is 0. The number of likely N-dealkylation sites (tertiary alicyclic amines) is 1. The SMILES string of the molecule is CC(C)(C)C1CC2(CCN1C(C)(C)C)CC2. The van der Waals surface area contributed by atoms with Crippen LogP contribution < -0.4 is 0 Å². The zero-order valence-electron chi connectivity index (χ0n) is 12.1. The first kappa shape index (κ1) is 12.4. The van der Waals surface area contributed by atoms with E-state index in [1.807, 2.05) is 0 Å². The molecule has 1 atom stereocenters. The second-order valence-electron chi connectivity index (χ2n) is 8.20. The van der Waals surface area contributed by atoms with Gasteiger partial charge < -0.3 is 0 Å². The highest BCUT2D eigenvalue weighted by Crippen LogP contribution is 2.57. The van der Waals surface area contributed by atoms with E-state index in [0.717, 1.165) is 11.5 Å². The van der Waals surface area contributed by atoms with Crippen LogP contribution in [0.5, 0.6) is 0 Å². The molecule has 0 aromatic heterocycles. The number of piperidine rings is 1. The minimum absolute atomic E-state index is 0.328. The van der Waals surface area contributed by atoms with Crippen molar-refractivity contribution in [2.24, 2.45) is 10.8 Å². The van der Waals surface area contributed by atoms with Crippen LogP contribution in [-0.2, 0) is 0 Å². The summed E-state index contributed by atoms with van der Waals surface area (Å²) >= 11 is 0. The van der Waals surface area contributed by atoms with Crippen molar-refractivity contribution in [3.63, 3.8) is 0 Å². The quantitative estimate of drug-likeness (QED) is 0.598. The lowest BCUT2D eigenvalue weighted by atomic mass is 9.74. The van der Waals surface area contributed by atoms with E-state index in [1.165, 1.54) is 32.2 Å². The molecule has 1 heteroatoms. The number of nitrogens with zero attached hydrogens (tertiary/aromatic N) is 1. The van der Waals surface area contributed by atoms with Gasteiger partial charge in [-0.1, -0.05) is 20.8 Å². The predicted molar refractivity (Wildman–Crippen MR) is 70.6 cm³/mol. The maximum Gasteiger partial charge on any atom is 0.0154 e. The first-order valence-electron chi connectivity index (χ1n) is 6.91. The van der Waals surface area contributed by atoms with Gasteiger partial charge in [-0.25, -0.2) is 0 Å². The maximum atomic E-state index is 2.76. The number of rotatable bonds is 0. The maximum absolute atomic E-state index is 2.76. The normalized spacial score (nSPS) is 30.8. The molecule has 2 aliphatic rings. The molecule has 0 bridgehead atoms. The molecule has 1 saturated heterocycles. The lowest BCUT2D eigenvalue weighted by Crippen LogP contribution is -2.57. The first-order chi connectivity index (χ1) is 7.14. The van der Waals surface area contributed by atoms with Gasteiger partial charge in [0.25, 0.3) is 0 Å². The molecule has 1 saturated carbocycles. The Balaban J connectivity index is 2.18. The Morgan fingerprint density at radius 1 is 0.938 bits per heavy atom. The van der Waals surface area contributed by atoms with Gasteiger partial charge >= 0.3 is 0 Å². The molecule has 1 unspecified atom stereocenters. The third-order valence-electron chi connectivity index (χ3n) is 4.70. The van der Waals surface area contributed by atoms with Gasteiger partial charge in [-0.15, -0.1) is 0 Å². The van der Waals surface area contributed by atoms with Crippen molar-refractivity contribution < 1.29 is 0 Å². The molecule has 1 spiro atoms. The summed E-state index contributed by atoms with van der Waals surface area (Å²) < 4.78 is 0. The van der Waals surface area contributed by atoms with Crippen molar-refractivity contribution in [3.8, 4) is 0 Å². The van der Waals surface area contributed by atoms with Gasteiger partial charge in [0.05, 0.1) is 0 Å². The van der Waals surface area contributed by atoms with Crippen molar-refractivity contribution in [1.82, 2.24) is 4.90 Å². The molecule has 2 fully saturated rings. The molecule has 1 aliphatic carbocycles. The predicted octanol–water partition coefficient (Wildman–Crippen LogP) is 4.08. The molecule has 0 radical (unpaired) electrons. The van der Waals surface area contributed by atoms with Gasteiger partial charge in [-0.2, -0.15) is 0 Å². The fraction of sp³-hybridized carbons (Fsp3) is 1.00. The van der Waals surface area contributed by atoms with Crippen LogP contribution in [0.3, 0.4) is 0 Å². The van der Waals surface area contributed by atoms with Crippen LogP contribution in [0.2, 0.25) is 0 Å². The summed E-state index contributed by atoms with van der Waals surface area (Å²) in [6, 6.07) is 0.767. The minimum Gasteiger partial charge on any atom is -0.295 e. The number of hydrogen-bond acceptors (Lipinski definition) is 1. The van der Waals surface area contributed by atoms with Crippen LogP contribution in [0.1, 0.15) is 67.2 Å². The lowest BCUT2D eigenvalue weighted by molar-refractivity contribution is -0.0278. The monoisotopic (exact) mass is 223 g/mol. The van der Waals surface area contributed by atoms with Crippen LogP contribution >= 0.6 is 0 Å². The Bertz CT molecular complexity index is 262. The smallest absolute Gasteiger partial charge is 0.0154 e. The fourth-order valence-corrected chi connectivity index (χ4v) is 3.34. The number of hydrogen-bond donors (Lipinski definition) is 0. The molecule has 1 heterocycles. The summed E-state index contributed by atoms with van der Waals surface area (Å²) in [5.74, 6) is 0. The zero-order chi connectivity index (χ0) is 12.2. The van der Waals surface area contributed by atoms with E-state index in [1.54, 1.807) is 0 Å². The third-order valence-corrected chi connectivity index (χ3v) is 4.70. The Morgan fingerprint density at radius 2 is 1.50 bits per heavy atom.